The van der Waals surface area contributed by atoms with Crippen molar-refractivity contribution < 1.29 is 9.18 Å². The third kappa shape index (κ3) is 3.57. The molecule has 5 rings (SSSR count). The smallest absolute Gasteiger partial charge is 0.238 e. The van der Waals surface area contributed by atoms with E-state index < -0.39 is 0 Å². The van der Waals surface area contributed by atoms with Gasteiger partial charge in [0.2, 0.25) is 5.91 Å². The molecule has 0 saturated heterocycles. The molecule has 2 aromatic carbocycles. The highest BCUT2D eigenvalue weighted by Gasteiger charge is 2.18. The molecular formula is C24H21FN4O. The van der Waals surface area contributed by atoms with Crippen LogP contribution in [0.4, 0.5) is 10.1 Å². The summed E-state index contributed by atoms with van der Waals surface area (Å²) in [6.45, 7) is 1.83. The lowest BCUT2D eigenvalue weighted by atomic mass is 9.99. The Morgan fingerprint density at radius 3 is 2.97 bits per heavy atom. The van der Waals surface area contributed by atoms with Crippen LogP contribution in [0.25, 0.3) is 27.4 Å². The van der Waals surface area contributed by atoms with Gasteiger partial charge in [0, 0.05) is 47.3 Å². The van der Waals surface area contributed by atoms with Crippen LogP contribution >= 0.6 is 0 Å². The predicted molar refractivity (Wildman–Crippen MR) is 118 cm³/mol. The van der Waals surface area contributed by atoms with Crippen LogP contribution in [0, 0.1) is 5.82 Å². The van der Waals surface area contributed by atoms with Crippen molar-refractivity contribution in [3.8, 4) is 0 Å². The lowest BCUT2D eigenvalue weighted by molar-refractivity contribution is -0.117. The summed E-state index contributed by atoms with van der Waals surface area (Å²) in [6, 6.07) is 14.4. The highest BCUT2D eigenvalue weighted by molar-refractivity contribution is 6.01. The average molecular weight is 400 g/mol. The van der Waals surface area contributed by atoms with E-state index in [1.807, 2.05) is 42.6 Å². The van der Waals surface area contributed by atoms with Gasteiger partial charge in [-0.05, 0) is 54.5 Å². The number of hydrogen-bond donors (Lipinski definition) is 2. The van der Waals surface area contributed by atoms with Crippen LogP contribution in [-0.2, 0) is 4.79 Å². The van der Waals surface area contributed by atoms with Crippen LogP contribution < -0.4 is 5.32 Å². The molecule has 0 saturated carbocycles. The van der Waals surface area contributed by atoms with Gasteiger partial charge in [0.05, 0.1) is 17.7 Å². The van der Waals surface area contributed by atoms with E-state index in [4.69, 9.17) is 0 Å². The summed E-state index contributed by atoms with van der Waals surface area (Å²) >= 11 is 0. The molecule has 0 spiro atoms. The summed E-state index contributed by atoms with van der Waals surface area (Å²) in [5, 5.41) is 4.98. The number of anilines is 1. The number of carbonyl (C=O) groups excluding carboxylic acids is 1. The zero-order valence-corrected chi connectivity index (χ0v) is 16.4. The molecular weight excluding hydrogens is 379 g/mol. The van der Waals surface area contributed by atoms with Crippen LogP contribution in [0.3, 0.4) is 0 Å². The fourth-order valence-corrected chi connectivity index (χ4v) is 4.07. The van der Waals surface area contributed by atoms with E-state index in [9.17, 15) is 9.18 Å². The fourth-order valence-electron chi connectivity index (χ4n) is 4.07. The molecule has 1 amide bonds. The maximum Gasteiger partial charge on any atom is 0.238 e. The second-order valence-electron chi connectivity index (χ2n) is 7.53. The molecule has 0 bridgehead atoms. The van der Waals surface area contributed by atoms with Crippen molar-refractivity contribution in [2.45, 2.75) is 6.42 Å². The molecule has 5 nitrogen and oxygen atoms in total. The first-order chi connectivity index (χ1) is 14.7. The van der Waals surface area contributed by atoms with Gasteiger partial charge in [0.1, 0.15) is 5.82 Å². The maximum atomic E-state index is 13.4. The van der Waals surface area contributed by atoms with E-state index >= 15 is 0 Å². The second kappa shape index (κ2) is 7.72. The van der Waals surface area contributed by atoms with Gasteiger partial charge in [-0.1, -0.05) is 12.1 Å². The minimum Gasteiger partial charge on any atom is -0.360 e. The van der Waals surface area contributed by atoms with E-state index in [1.165, 1.54) is 17.7 Å². The van der Waals surface area contributed by atoms with E-state index in [2.05, 4.69) is 26.3 Å². The van der Waals surface area contributed by atoms with Gasteiger partial charge in [-0.3, -0.25) is 14.7 Å². The van der Waals surface area contributed by atoms with Crippen LogP contribution in [0.2, 0.25) is 0 Å². The third-order valence-electron chi connectivity index (χ3n) is 5.57. The molecule has 0 fully saturated rings. The first kappa shape index (κ1) is 18.5. The molecule has 2 aromatic heterocycles. The maximum absolute atomic E-state index is 13.4. The number of amides is 1. The SMILES string of the molecule is O=C(CN1CC=C(c2c[nH]c3cc(F)ccc23)CC1)Nc1cccc2ncccc12. The average Bonchev–Trinajstić information content (AvgIpc) is 3.17. The van der Waals surface area contributed by atoms with Crippen molar-refractivity contribution in [3.05, 3.63) is 78.4 Å². The lowest BCUT2D eigenvalue weighted by Gasteiger charge is -2.25. The number of aromatic nitrogens is 2. The number of rotatable bonds is 4. The standard InChI is InChI=1S/C24H21FN4O/c25-17-6-7-18-20(14-27-23(18)13-17)16-8-11-29(12-9-16)15-24(30)28-22-5-1-4-21-19(22)3-2-10-26-21/h1-8,10,13-14,27H,9,11-12,15H2,(H,28,30). The van der Waals surface area contributed by atoms with Crippen molar-refractivity contribution >= 4 is 39.0 Å². The highest BCUT2D eigenvalue weighted by atomic mass is 19.1. The van der Waals surface area contributed by atoms with Gasteiger partial charge < -0.3 is 10.3 Å². The minimum atomic E-state index is -0.243. The van der Waals surface area contributed by atoms with Gasteiger partial charge in [-0.15, -0.1) is 0 Å². The lowest BCUT2D eigenvalue weighted by Crippen LogP contribution is -2.36. The van der Waals surface area contributed by atoms with E-state index in [1.54, 1.807) is 6.20 Å². The van der Waals surface area contributed by atoms with Crippen molar-refractivity contribution in [2.75, 3.05) is 25.0 Å². The van der Waals surface area contributed by atoms with E-state index in [0.29, 0.717) is 13.1 Å². The minimum absolute atomic E-state index is 0.0363. The topological polar surface area (TPSA) is 61.0 Å². The molecule has 0 unspecified atom stereocenters. The van der Waals surface area contributed by atoms with E-state index in [0.717, 1.165) is 46.0 Å². The quantitative estimate of drug-likeness (QED) is 0.527. The fraction of sp³-hybridized carbons (Fsp3) is 0.167. The van der Waals surface area contributed by atoms with Gasteiger partial charge >= 0.3 is 0 Å². The van der Waals surface area contributed by atoms with Crippen molar-refractivity contribution in [3.63, 3.8) is 0 Å². The normalized spacial score (nSPS) is 14.8. The number of carbonyl (C=O) groups is 1. The Bertz CT molecular complexity index is 1270. The molecule has 1 aliphatic heterocycles. The second-order valence-corrected chi connectivity index (χ2v) is 7.53. The Kier molecular flexibility index (Phi) is 4.77. The van der Waals surface area contributed by atoms with Crippen LogP contribution in [0.1, 0.15) is 12.0 Å². The van der Waals surface area contributed by atoms with Crippen LogP contribution in [0.5, 0.6) is 0 Å². The predicted octanol–water partition coefficient (Wildman–Crippen LogP) is 4.58. The Morgan fingerprint density at radius 1 is 1.17 bits per heavy atom. The van der Waals surface area contributed by atoms with Crippen molar-refractivity contribution in [2.24, 2.45) is 0 Å². The highest BCUT2D eigenvalue weighted by Crippen LogP contribution is 2.29. The number of nitrogens with zero attached hydrogens (tertiary/aromatic N) is 2. The van der Waals surface area contributed by atoms with E-state index in [-0.39, 0.29) is 11.7 Å². The third-order valence-corrected chi connectivity index (χ3v) is 5.57. The Labute approximate surface area is 173 Å². The van der Waals surface area contributed by atoms with Crippen molar-refractivity contribution in [1.82, 2.24) is 14.9 Å². The van der Waals surface area contributed by atoms with Gasteiger partial charge in [0.15, 0.2) is 0 Å². The number of halogens is 1. The number of H-pyrrole nitrogens is 1. The van der Waals surface area contributed by atoms with Gasteiger partial charge in [0.25, 0.3) is 0 Å². The molecule has 6 heteroatoms. The molecule has 0 aliphatic carbocycles. The monoisotopic (exact) mass is 400 g/mol. The molecule has 1 aliphatic rings. The molecule has 3 heterocycles. The largest absolute Gasteiger partial charge is 0.360 e. The summed E-state index contributed by atoms with van der Waals surface area (Å²) in [7, 11) is 0. The number of fused-ring (bicyclic) bond motifs is 2. The molecule has 4 aromatic rings. The summed E-state index contributed by atoms with van der Waals surface area (Å²) in [5.41, 5.74) is 4.78. The summed E-state index contributed by atoms with van der Waals surface area (Å²) in [4.78, 5) is 22.2. The molecule has 150 valence electrons. The van der Waals surface area contributed by atoms with Crippen molar-refractivity contribution in [1.29, 1.82) is 0 Å². The first-order valence-electron chi connectivity index (χ1n) is 9.99. The number of aromatic amines is 1. The number of hydrogen-bond acceptors (Lipinski definition) is 3. The van der Waals surface area contributed by atoms with Crippen LogP contribution in [0.15, 0.2) is 67.0 Å². The Hall–Kier alpha value is -3.51. The summed E-state index contributed by atoms with van der Waals surface area (Å²) in [6.07, 6.45) is 6.68. The summed E-state index contributed by atoms with van der Waals surface area (Å²) < 4.78 is 13.4. The number of pyridine rings is 1. The van der Waals surface area contributed by atoms with Crippen LogP contribution in [-0.4, -0.2) is 40.4 Å². The molecule has 2 N–H and O–H groups in total. The Morgan fingerprint density at radius 2 is 2.10 bits per heavy atom. The first-order valence-corrected chi connectivity index (χ1v) is 9.99. The van der Waals surface area contributed by atoms with Gasteiger partial charge in [-0.2, -0.15) is 0 Å². The van der Waals surface area contributed by atoms with Gasteiger partial charge in [-0.25, -0.2) is 4.39 Å². The summed E-state index contributed by atoms with van der Waals surface area (Å²) in [5.74, 6) is -0.279. The zero-order valence-electron chi connectivity index (χ0n) is 16.4. The molecule has 0 radical (unpaired) electrons. The molecule has 0 atom stereocenters. The zero-order chi connectivity index (χ0) is 20.5. The number of nitrogens with one attached hydrogen (secondary N) is 2. The molecule has 30 heavy (non-hydrogen) atoms. The number of benzene rings is 2. The Balaban J connectivity index is 1.26.